The highest BCUT2D eigenvalue weighted by Crippen LogP contribution is 2.28. The smallest absolute Gasteiger partial charge is 0.327 e. The predicted octanol–water partition coefficient (Wildman–Crippen LogP) is 4.34. The zero-order chi connectivity index (χ0) is 23.6. The fraction of sp³-hybridized carbons (Fsp3) is 0.0870. The van der Waals surface area contributed by atoms with Crippen LogP contribution in [0.15, 0.2) is 71.6 Å². The van der Waals surface area contributed by atoms with Gasteiger partial charge in [0.05, 0.1) is 22.2 Å². The van der Waals surface area contributed by atoms with Crippen molar-refractivity contribution in [3.63, 3.8) is 0 Å². The summed E-state index contributed by atoms with van der Waals surface area (Å²) in [6.07, 6.45) is 1.12. The quantitative estimate of drug-likeness (QED) is 0.438. The zero-order valence-electron chi connectivity index (χ0n) is 17.7. The number of carbonyl (C=O) groups is 2. The van der Waals surface area contributed by atoms with E-state index in [0.717, 1.165) is 23.2 Å². The largest absolute Gasteiger partial charge is 0.497 e. The van der Waals surface area contributed by atoms with E-state index in [4.69, 9.17) is 4.74 Å². The summed E-state index contributed by atoms with van der Waals surface area (Å²) in [5, 5.41) is 5.09. The molecule has 2 N–H and O–H groups in total. The minimum Gasteiger partial charge on any atom is -0.497 e. The Balaban J connectivity index is 1.51. The lowest BCUT2D eigenvalue weighted by atomic mass is 9.99. The third-order valence-corrected chi connectivity index (χ3v) is 6.85. The summed E-state index contributed by atoms with van der Waals surface area (Å²) in [7, 11) is -1.78. The van der Waals surface area contributed by atoms with Gasteiger partial charge in [-0.3, -0.25) is 15.4 Å². The molecule has 0 aliphatic heterocycles. The van der Waals surface area contributed by atoms with Crippen LogP contribution in [0.1, 0.15) is 10.4 Å². The van der Waals surface area contributed by atoms with Crippen LogP contribution >= 0.6 is 11.3 Å². The van der Waals surface area contributed by atoms with Crippen molar-refractivity contribution in [2.24, 2.45) is 0 Å². The lowest BCUT2D eigenvalue weighted by Crippen LogP contribution is -2.34. The predicted molar refractivity (Wildman–Crippen MR) is 128 cm³/mol. The van der Waals surface area contributed by atoms with Crippen molar-refractivity contribution in [3.8, 4) is 16.9 Å². The number of thiazole rings is 1. The van der Waals surface area contributed by atoms with E-state index in [0.29, 0.717) is 27.1 Å². The van der Waals surface area contributed by atoms with Crippen molar-refractivity contribution in [1.82, 2.24) is 10.3 Å². The SMILES string of the molecule is COc1ccc(-c2ccccc2C(=O)NC(=O)Nc2nc3ccc(S(C)(=O)=O)cc3s2)cc1. The number of aromatic nitrogens is 1. The van der Waals surface area contributed by atoms with Gasteiger partial charge in [-0.05, 0) is 47.5 Å². The van der Waals surface area contributed by atoms with E-state index in [1.54, 1.807) is 43.5 Å². The van der Waals surface area contributed by atoms with Gasteiger partial charge in [-0.15, -0.1) is 0 Å². The maximum atomic E-state index is 12.8. The molecule has 3 amide bonds. The Hall–Kier alpha value is -3.76. The Morgan fingerprint density at radius 3 is 2.42 bits per heavy atom. The topological polar surface area (TPSA) is 114 Å². The van der Waals surface area contributed by atoms with Gasteiger partial charge in [-0.2, -0.15) is 0 Å². The summed E-state index contributed by atoms with van der Waals surface area (Å²) < 4.78 is 29.3. The summed E-state index contributed by atoms with van der Waals surface area (Å²) in [6, 6.07) is 18.0. The summed E-state index contributed by atoms with van der Waals surface area (Å²) >= 11 is 1.11. The number of hydrogen-bond donors (Lipinski definition) is 2. The number of sulfone groups is 1. The number of amides is 3. The number of rotatable bonds is 5. The Morgan fingerprint density at radius 1 is 1.00 bits per heavy atom. The summed E-state index contributed by atoms with van der Waals surface area (Å²) in [5.74, 6) is 0.124. The van der Waals surface area contributed by atoms with E-state index in [2.05, 4.69) is 15.6 Å². The van der Waals surface area contributed by atoms with Crippen molar-refractivity contribution < 1.29 is 22.7 Å². The van der Waals surface area contributed by atoms with Crippen molar-refractivity contribution in [1.29, 1.82) is 0 Å². The Morgan fingerprint density at radius 2 is 1.73 bits per heavy atom. The molecule has 4 aromatic rings. The molecule has 0 radical (unpaired) electrons. The first-order valence-electron chi connectivity index (χ1n) is 9.71. The zero-order valence-corrected chi connectivity index (χ0v) is 19.3. The molecule has 0 atom stereocenters. The number of carbonyl (C=O) groups excluding carboxylic acids is 2. The lowest BCUT2D eigenvalue weighted by Gasteiger charge is -2.10. The monoisotopic (exact) mass is 481 g/mol. The first-order valence-corrected chi connectivity index (χ1v) is 12.4. The van der Waals surface area contributed by atoms with Crippen LogP contribution < -0.4 is 15.4 Å². The molecule has 0 saturated carbocycles. The molecule has 3 aromatic carbocycles. The summed E-state index contributed by atoms with van der Waals surface area (Å²) in [5.41, 5.74) is 2.34. The first-order chi connectivity index (χ1) is 15.7. The second-order valence-electron chi connectivity index (χ2n) is 7.10. The highest BCUT2D eigenvalue weighted by atomic mass is 32.2. The molecule has 8 nitrogen and oxygen atoms in total. The van der Waals surface area contributed by atoms with E-state index in [9.17, 15) is 18.0 Å². The minimum atomic E-state index is -3.36. The van der Waals surface area contributed by atoms with Gasteiger partial charge in [-0.25, -0.2) is 18.2 Å². The van der Waals surface area contributed by atoms with Crippen LogP contribution in [0.4, 0.5) is 9.93 Å². The standard InChI is InChI=1S/C23H19N3O5S2/c1-31-15-9-7-14(8-10-15)17-5-3-4-6-18(17)21(27)25-22(28)26-23-24-19-12-11-16(33(2,29)30)13-20(19)32-23/h3-13H,1-2H3,(H2,24,25,26,27,28). The maximum Gasteiger partial charge on any atom is 0.327 e. The summed E-state index contributed by atoms with van der Waals surface area (Å²) in [4.78, 5) is 29.7. The molecule has 1 aromatic heterocycles. The van der Waals surface area contributed by atoms with Gasteiger partial charge in [0.25, 0.3) is 5.91 Å². The third kappa shape index (κ3) is 5.02. The van der Waals surface area contributed by atoms with Gasteiger partial charge in [0.1, 0.15) is 5.75 Å². The van der Waals surface area contributed by atoms with Crippen LogP contribution in [-0.4, -0.2) is 38.7 Å². The van der Waals surface area contributed by atoms with Crippen LogP contribution in [0.2, 0.25) is 0 Å². The molecular weight excluding hydrogens is 462 g/mol. The average molecular weight is 482 g/mol. The van der Waals surface area contributed by atoms with Crippen molar-refractivity contribution in [3.05, 3.63) is 72.3 Å². The number of nitrogens with one attached hydrogen (secondary N) is 2. The molecule has 0 aliphatic rings. The van der Waals surface area contributed by atoms with Crippen LogP contribution in [0.25, 0.3) is 21.3 Å². The van der Waals surface area contributed by atoms with Crippen molar-refractivity contribution >= 4 is 48.5 Å². The van der Waals surface area contributed by atoms with E-state index < -0.39 is 21.8 Å². The molecule has 0 spiro atoms. The number of imide groups is 1. The first kappa shape index (κ1) is 22.4. The Bertz CT molecular complexity index is 1460. The van der Waals surface area contributed by atoms with Gasteiger partial charge in [0, 0.05) is 11.8 Å². The fourth-order valence-corrected chi connectivity index (χ4v) is 4.81. The molecule has 0 bridgehead atoms. The van der Waals surface area contributed by atoms with Crippen LogP contribution in [-0.2, 0) is 9.84 Å². The maximum absolute atomic E-state index is 12.8. The molecule has 0 aliphatic carbocycles. The molecule has 10 heteroatoms. The number of anilines is 1. The molecule has 0 saturated heterocycles. The van der Waals surface area contributed by atoms with Gasteiger partial charge < -0.3 is 4.74 Å². The van der Waals surface area contributed by atoms with Crippen molar-refractivity contribution in [2.75, 3.05) is 18.7 Å². The number of fused-ring (bicyclic) bond motifs is 1. The number of benzene rings is 3. The van der Waals surface area contributed by atoms with Gasteiger partial charge >= 0.3 is 6.03 Å². The Labute approximate surface area is 194 Å². The van der Waals surface area contributed by atoms with E-state index in [1.807, 2.05) is 18.2 Å². The molecule has 0 fully saturated rings. The minimum absolute atomic E-state index is 0.167. The van der Waals surface area contributed by atoms with Crippen molar-refractivity contribution in [2.45, 2.75) is 4.90 Å². The van der Waals surface area contributed by atoms with Crippen LogP contribution in [0, 0.1) is 0 Å². The van der Waals surface area contributed by atoms with E-state index >= 15 is 0 Å². The van der Waals surface area contributed by atoms with Crippen LogP contribution in [0.3, 0.4) is 0 Å². The Kier molecular flexibility index (Phi) is 6.12. The molecule has 33 heavy (non-hydrogen) atoms. The molecule has 1 heterocycles. The average Bonchev–Trinajstić information content (AvgIpc) is 3.19. The van der Waals surface area contributed by atoms with E-state index in [-0.39, 0.29) is 10.0 Å². The summed E-state index contributed by atoms with van der Waals surface area (Å²) in [6.45, 7) is 0. The third-order valence-electron chi connectivity index (χ3n) is 4.81. The van der Waals surface area contributed by atoms with Crippen LogP contribution in [0.5, 0.6) is 5.75 Å². The molecule has 168 valence electrons. The van der Waals surface area contributed by atoms with Gasteiger partial charge in [-0.1, -0.05) is 41.7 Å². The number of hydrogen-bond acceptors (Lipinski definition) is 7. The van der Waals surface area contributed by atoms with Gasteiger partial charge in [0.2, 0.25) is 0 Å². The lowest BCUT2D eigenvalue weighted by molar-refractivity contribution is 0.0967. The highest BCUT2D eigenvalue weighted by Gasteiger charge is 2.17. The van der Waals surface area contributed by atoms with Gasteiger partial charge in [0.15, 0.2) is 15.0 Å². The number of nitrogens with zero attached hydrogens (tertiary/aromatic N) is 1. The molecular formula is C23H19N3O5S2. The number of ether oxygens (including phenoxy) is 1. The molecule has 4 rings (SSSR count). The fourth-order valence-electron chi connectivity index (χ4n) is 3.19. The second-order valence-corrected chi connectivity index (χ2v) is 10.1. The second kappa shape index (κ2) is 9.00. The normalized spacial score (nSPS) is 11.2. The molecule has 0 unspecified atom stereocenters. The number of urea groups is 1. The number of methoxy groups -OCH3 is 1. The van der Waals surface area contributed by atoms with E-state index in [1.165, 1.54) is 12.1 Å². The highest BCUT2D eigenvalue weighted by molar-refractivity contribution is 7.90.